The zero-order valence-electron chi connectivity index (χ0n) is 14.3. The second-order valence-corrected chi connectivity index (χ2v) is 8.08. The first-order valence-corrected chi connectivity index (χ1v) is 10.3. The Morgan fingerprint density at radius 2 is 1.28 bits per heavy atom. The molecule has 2 aromatic rings. The van der Waals surface area contributed by atoms with Gasteiger partial charge in [-0.3, -0.25) is 0 Å². The Balaban J connectivity index is 0.00000225. The van der Waals surface area contributed by atoms with Crippen LogP contribution in [0.3, 0.4) is 0 Å². The minimum atomic E-state index is -3.27. The van der Waals surface area contributed by atoms with Gasteiger partial charge in [0.2, 0.25) is 0 Å². The van der Waals surface area contributed by atoms with E-state index in [1.807, 2.05) is 60.7 Å². The summed E-state index contributed by atoms with van der Waals surface area (Å²) in [6.07, 6.45) is 4.10. The molecule has 1 heterocycles. The van der Waals surface area contributed by atoms with E-state index in [4.69, 9.17) is 9.05 Å². The van der Waals surface area contributed by atoms with Crippen LogP contribution in [0.4, 0.5) is 0 Å². The highest BCUT2D eigenvalue weighted by atomic mass is 35.5. The SMILES string of the molecule is Cl.O=P(CCN1CCCCC1)(Oc1ccccc1)Oc1ccccc1. The molecule has 0 radical (unpaired) electrons. The maximum absolute atomic E-state index is 13.3. The normalized spacial score (nSPS) is 15.2. The second-order valence-electron chi connectivity index (χ2n) is 6.05. The van der Waals surface area contributed by atoms with Gasteiger partial charge < -0.3 is 13.9 Å². The fourth-order valence-electron chi connectivity index (χ4n) is 2.84. The van der Waals surface area contributed by atoms with Crippen LogP contribution in [0, 0.1) is 0 Å². The molecule has 0 aliphatic carbocycles. The zero-order chi connectivity index (χ0) is 16.7. The van der Waals surface area contributed by atoms with Gasteiger partial charge >= 0.3 is 7.60 Å². The van der Waals surface area contributed by atoms with Crippen molar-refractivity contribution in [3.8, 4) is 11.5 Å². The first kappa shape index (κ1) is 19.8. The molecule has 0 unspecified atom stereocenters. The summed E-state index contributed by atoms with van der Waals surface area (Å²) in [5.41, 5.74) is 0. The predicted molar refractivity (Wildman–Crippen MR) is 104 cm³/mol. The maximum atomic E-state index is 13.3. The molecule has 1 fully saturated rings. The Hall–Kier alpha value is -1.48. The second kappa shape index (κ2) is 9.86. The molecule has 6 heteroatoms. The molecule has 0 N–H and O–H groups in total. The van der Waals surface area contributed by atoms with Crippen LogP contribution in [0.15, 0.2) is 60.7 Å². The number of halogens is 1. The number of hydrogen-bond acceptors (Lipinski definition) is 4. The Morgan fingerprint density at radius 3 is 1.76 bits per heavy atom. The average Bonchev–Trinajstić information content (AvgIpc) is 2.63. The monoisotopic (exact) mass is 381 g/mol. The number of rotatable bonds is 7. The molecular weight excluding hydrogens is 357 g/mol. The fraction of sp³-hybridized carbons (Fsp3) is 0.368. The van der Waals surface area contributed by atoms with Crippen molar-refractivity contribution in [1.82, 2.24) is 4.90 Å². The number of piperidine rings is 1. The fourth-order valence-corrected chi connectivity index (χ4v) is 4.47. The molecule has 0 saturated carbocycles. The highest BCUT2D eigenvalue weighted by Gasteiger charge is 2.29. The Kier molecular flexibility index (Phi) is 7.83. The molecule has 0 bridgehead atoms. The summed E-state index contributed by atoms with van der Waals surface area (Å²) in [7, 11) is -3.27. The third kappa shape index (κ3) is 6.39. The summed E-state index contributed by atoms with van der Waals surface area (Å²) in [4.78, 5) is 2.35. The largest absolute Gasteiger partial charge is 0.431 e. The van der Waals surface area contributed by atoms with Crippen LogP contribution in [-0.4, -0.2) is 30.7 Å². The summed E-state index contributed by atoms with van der Waals surface area (Å²) < 4.78 is 24.9. The lowest BCUT2D eigenvalue weighted by molar-refractivity contribution is 0.237. The van der Waals surface area contributed by atoms with Crippen LogP contribution in [0.5, 0.6) is 11.5 Å². The van der Waals surface area contributed by atoms with E-state index in [9.17, 15) is 4.57 Å². The maximum Gasteiger partial charge on any atom is 0.431 e. The van der Waals surface area contributed by atoms with Gasteiger partial charge in [-0.2, -0.15) is 0 Å². The summed E-state index contributed by atoms with van der Waals surface area (Å²) in [6, 6.07) is 18.5. The topological polar surface area (TPSA) is 38.8 Å². The van der Waals surface area contributed by atoms with Crippen molar-refractivity contribution in [2.75, 3.05) is 25.8 Å². The van der Waals surface area contributed by atoms with E-state index in [2.05, 4.69) is 4.90 Å². The molecule has 25 heavy (non-hydrogen) atoms. The lowest BCUT2D eigenvalue weighted by atomic mass is 10.1. The van der Waals surface area contributed by atoms with Gasteiger partial charge in [-0.1, -0.05) is 42.8 Å². The number of para-hydroxylation sites is 2. The molecule has 0 amide bonds. The number of hydrogen-bond donors (Lipinski definition) is 0. The van der Waals surface area contributed by atoms with Gasteiger partial charge in [0.05, 0.1) is 6.16 Å². The van der Waals surface area contributed by atoms with E-state index in [1.54, 1.807) is 0 Å². The minimum absolute atomic E-state index is 0. The van der Waals surface area contributed by atoms with Gasteiger partial charge in [-0.15, -0.1) is 12.4 Å². The molecular formula is C19H25ClNO3P. The lowest BCUT2D eigenvalue weighted by Gasteiger charge is -2.28. The van der Waals surface area contributed by atoms with Gasteiger partial charge in [-0.05, 0) is 50.2 Å². The Labute approximate surface area is 156 Å². The van der Waals surface area contributed by atoms with Crippen LogP contribution in [0.25, 0.3) is 0 Å². The van der Waals surface area contributed by atoms with Crippen molar-refractivity contribution in [3.05, 3.63) is 60.7 Å². The molecule has 1 aliphatic heterocycles. The third-order valence-corrected chi connectivity index (χ3v) is 5.84. The molecule has 0 spiro atoms. The molecule has 1 aliphatic rings. The number of benzene rings is 2. The van der Waals surface area contributed by atoms with Crippen molar-refractivity contribution in [3.63, 3.8) is 0 Å². The van der Waals surface area contributed by atoms with Crippen LogP contribution in [0.1, 0.15) is 19.3 Å². The van der Waals surface area contributed by atoms with Crippen molar-refractivity contribution < 1.29 is 13.6 Å². The van der Waals surface area contributed by atoms with E-state index in [0.717, 1.165) is 19.6 Å². The van der Waals surface area contributed by atoms with E-state index in [-0.39, 0.29) is 12.4 Å². The van der Waals surface area contributed by atoms with Crippen molar-refractivity contribution in [2.24, 2.45) is 0 Å². The summed E-state index contributed by atoms with van der Waals surface area (Å²) in [5.74, 6) is 1.16. The minimum Gasteiger partial charge on any atom is -0.416 e. The quantitative estimate of drug-likeness (QED) is 0.614. The summed E-state index contributed by atoms with van der Waals surface area (Å²) in [5, 5.41) is 0. The van der Waals surface area contributed by atoms with E-state index < -0.39 is 7.60 Å². The molecule has 0 aromatic heterocycles. The Bertz CT molecular complexity index is 617. The van der Waals surface area contributed by atoms with Gasteiger partial charge in [0.25, 0.3) is 0 Å². The summed E-state index contributed by atoms with van der Waals surface area (Å²) in [6.45, 7) is 2.87. The lowest BCUT2D eigenvalue weighted by Crippen LogP contribution is -2.32. The first-order chi connectivity index (χ1) is 11.7. The highest BCUT2D eigenvalue weighted by Crippen LogP contribution is 2.48. The molecule has 2 aromatic carbocycles. The third-order valence-electron chi connectivity index (χ3n) is 4.11. The van der Waals surface area contributed by atoms with Crippen LogP contribution in [-0.2, 0) is 4.57 Å². The van der Waals surface area contributed by atoms with Crippen molar-refractivity contribution in [1.29, 1.82) is 0 Å². The van der Waals surface area contributed by atoms with E-state index >= 15 is 0 Å². The standard InChI is InChI=1S/C19H24NO3P.ClH/c21-24(22-18-10-4-1-5-11-18,23-19-12-6-2-7-13-19)17-16-20-14-8-3-9-15-20;/h1-2,4-7,10-13H,3,8-9,14-17H2;1H. The van der Waals surface area contributed by atoms with E-state index in [1.165, 1.54) is 19.3 Å². The molecule has 0 atom stereocenters. The van der Waals surface area contributed by atoms with Crippen LogP contribution < -0.4 is 9.05 Å². The summed E-state index contributed by atoms with van der Waals surface area (Å²) >= 11 is 0. The molecule has 136 valence electrons. The number of nitrogens with zero attached hydrogens (tertiary/aromatic N) is 1. The number of likely N-dealkylation sites (tertiary alicyclic amines) is 1. The van der Waals surface area contributed by atoms with Crippen molar-refractivity contribution >= 4 is 20.0 Å². The van der Waals surface area contributed by atoms with Crippen molar-refractivity contribution in [2.45, 2.75) is 19.3 Å². The van der Waals surface area contributed by atoms with Gasteiger partial charge in [-0.25, -0.2) is 4.57 Å². The Morgan fingerprint density at radius 1 is 0.800 bits per heavy atom. The van der Waals surface area contributed by atoms with E-state index in [0.29, 0.717) is 17.7 Å². The average molecular weight is 382 g/mol. The molecule has 4 nitrogen and oxygen atoms in total. The highest BCUT2D eigenvalue weighted by molar-refractivity contribution is 7.54. The van der Waals surface area contributed by atoms with Gasteiger partial charge in [0.15, 0.2) is 0 Å². The zero-order valence-corrected chi connectivity index (χ0v) is 16.0. The van der Waals surface area contributed by atoms with Crippen LogP contribution >= 0.6 is 20.0 Å². The molecule has 3 rings (SSSR count). The first-order valence-electron chi connectivity index (χ1n) is 8.54. The molecule has 1 saturated heterocycles. The van der Waals surface area contributed by atoms with Crippen LogP contribution in [0.2, 0.25) is 0 Å². The van der Waals surface area contributed by atoms with Gasteiger partial charge in [0, 0.05) is 6.54 Å². The van der Waals surface area contributed by atoms with Gasteiger partial charge in [0.1, 0.15) is 11.5 Å². The smallest absolute Gasteiger partial charge is 0.416 e. The predicted octanol–water partition coefficient (Wildman–Crippen LogP) is 5.25.